The molecule has 132 valence electrons. The van der Waals surface area contributed by atoms with Crippen molar-refractivity contribution in [2.45, 2.75) is 45.8 Å². The third-order valence-electron chi connectivity index (χ3n) is 4.70. The van der Waals surface area contributed by atoms with Gasteiger partial charge in [0.2, 0.25) is 5.91 Å². The van der Waals surface area contributed by atoms with Gasteiger partial charge in [-0.1, -0.05) is 36.9 Å². The lowest BCUT2D eigenvalue weighted by Crippen LogP contribution is -2.38. The summed E-state index contributed by atoms with van der Waals surface area (Å²) in [4.78, 5) is 30.0. The van der Waals surface area contributed by atoms with E-state index in [-0.39, 0.29) is 17.4 Å². The first-order valence-corrected chi connectivity index (χ1v) is 9.51. The average molecular weight is 357 g/mol. The van der Waals surface area contributed by atoms with Crippen LogP contribution in [-0.2, 0) is 17.8 Å². The summed E-state index contributed by atoms with van der Waals surface area (Å²) in [6, 6.07) is 5.95. The van der Waals surface area contributed by atoms with Gasteiger partial charge in [-0.3, -0.25) is 14.2 Å². The van der Waals surface area contributed by atoms with E-state index in [4.69, 9.17) is 0 Å². The first kappa shape index (κ1) is 17.7. The molecule has 1 amide bonds. The standard InChI is InChI=1S/C19H23N3O2S/c1-5-15-13(4)20-19-22(18(15)24)9-14(10-25-19)17(23)21-16-11(2)7-6-8-12(16)3/h6-8,14H,5,9-10H2,1-4H3,(H,21,23). The number of anilines is 1. The van der Waals surface area contributed by atoms with E-state index in [1.807, 2.05) is 45.9 Å². The number of hydrogen-bond acceptors (Lipinski definition) is 4. The zero-order valence-corrected chi connectivity index (χ0v) is 15.9. The summed E-state index contributed by atoms with van der Waals surface area (Å²) in [6.07, 6.45) is 0.655. The van der Waals surface area contributed by atoms with Crippen LogP contribution in [0.3, 0.4) is 0 Å². The molecule has 1 atom stereocenters. The molecule has 1 unspecified atom stereocenters. The molecule has 0 bridgehead atoms. The number of amides is 1. The largest absolute Gasteiger partial charge is 0.325 e. The summed E-state index contributed by atoms with van der Waals surface area (Å²) < 4.78 is 1.66. The Hall–Kier alpha value is -2.08. The zero-order chi connectivity index (χ0) is 18.1. The Morgan fingerprint density at radius 2 is 2.00 bits per heavy atom. The number of rotatable bonds is 3. The number of aryl methyl sites for hydroxylation is 3. The molecule has 1 aliphatic rings. The maximum absolute atomic E-state index is 12.8. The van der Waals surface area contributed by atoms with Gasteiger partial charge in [-0.2, -0.15) is 0 Å². The molecule has 1 aromatic heterocycles. The van der Waals surface area contributed by atoms with Crippen LogP contribution in [0.25, 0.3) is 0 Å². The number of carbonyl (C=O) groups excluding carboxylic acids is 1. The minimum atomic E-state index is -0.247. The summed E-state index contributed by atoms with van der Waals surface area (Å²) in [7, 11) is 0. The molecule has 1 aromatic carbocycles. The maximum Gasteiger partial charge on any atom is 0.257 e. The van der Waals surface area contributed by atoms with Crippen molar-refractivity contribution >= 4 is 23.4 Å². The summed E-state index contributed by atoms with van der Waals surface area (Å²) in [5.74, 6) is 0.346. The van der Waals surface area contributed by atoms with E-state index < -0.39 is 0 Å². The first-order valence-electron chi connectivity index (χ1n) is 8.52. The lowest BCUT2D eigenvalue weighted by atomic mass is 10.1. The molecule has 2 heterocycles. The fourth-order valence-corrected chi connectivity index (χ4v) is 4.32. The van der Waals surface area contributed by atoms with Gasteiger partial charge in [-0.25, -0.2) is 4.98 Å². The normalized spacial score (nSPS) is 16.4. The van der Waals surface area contributed by atoms with Gasteiger partial charge in [-0.15, -0.1) is 0 Å². The van der Waals surface area contributed by atoms with Crippen LogP contribution in [0.5, 0.6) is 0 Å². The van der Waals surface area contributed by atoms with Crippen molar-refractivity contribution in [3.8, 4) is 0 Å². The summed E-state index contributed by atoms with van der Waals surface area (Å²) >= 11 is 1.48. The number of nitrogens with one attached hydrogen (secondary N) is 1. The summed E-state index contributed by atoms with van der Waals surface area (Å²) in [6.45, 7) is 8.19. The van der Waals surface area contributed by atoms with Crippen molar-refractivity contribution in [2.24, 2.45) is 5.92 Å². The average Bonchev–Trinajstić information content (AvgIpc) is 2.58. The van der Waals surface area contributed by atoms with Crippen LogP contribution in [0.4, 0.5) is 5.69 Å². The maximum atomic E-state index is 12.8. The minimum absolute atomic E-state index is 0.0120. The Labute approximate surface area is 151 Å². The summed E-state index contributed by atoms with van der Waals surface area (Å²) in [5, 5.41) is 3.77. The quantitative estimate of drug-likeness (QED) is 0.858. The van der Waals surface area contributed by atoms with E-state index in [1.54, 1.807) is 4.57 Å². The number of benzene rings is 1. The Bertz CT molecular complexity index is 869. The van der Waals surface area contributed by atoms with Gasteiger partial charge < -0.3 is 5.32 Å². The molecule has 5 nitrogen and oxygen atoms in total. The second kappa shape index (κ2) is 7.04. The topological polar surface area (TPSA) is 64.0 Å². The van der Waals surface area contributed by atoms with Gasteiger partial charge in [0, 0.05) is 29.2 Å². The van der Waals surface area contributed by atoms with E-state index in [0.717, 1.165) is 33.2 Å². The summed E-state index contributed by atoms with van der Waals surface area (Å²) in [5.41, 5.74) is 4.47. The number of para-hydroxylation sites is 1. The van der Waals surface area contributed by atoms with Crippen molar-refractivity contribution in [3.05, 3.63) is 50.9 Å². The van der Waals surface area contributed by atoms with Crippen LogP contribution in [0.1, 0.15) is 29.3 Å². The van der Waals surface area contributed by atoms with Crippen molar-refractivity contribution in [1.29, 1.82) is 0 Å². The molecular formula is C19H23N3O2S. The fourth-order valence-electron chi connectivity index (χ4n) is 3.20. The van der Waals surface area contributed by atoms with Gasteiger partial charge in [0.15, 0.2) is 5.16 Å². The molecule has 1 N–H and O–H groups in total. The van der Waals surface area contributed by atoms with E-state index in [2.05, 4.69) is 10.3 Å². The zero-order valence-electron chi connectivity index (χ0n) is 15.0. The second-order valence-corrected chi connectivity index (χ2v) is 7.48. The number of carbonyl (C=O) groups is 1. The Morgan fingerprint density at radius 1 is 1.32 bits per heavy atom. The van der Waals surface area contributed by atoms with Gasteiger partial charge >= 0.3 is 0 Å². The Balaban J connectivity index is 1.85. The smallest absolute Gasteiger partial charge is 0.257 e. The number of thioether (sulfide) groups is 1. The van der Waals surface area contributed by atoms with Crippen LogP contribution in [-0.4, -0.2) is 21.2 Å². The van der Waals surface area contributed by atoms with Crippen molar-refractivity contribution in [1.82, 2.24) is 9.55 Å². The number of fused-ring (bicyclic) bond motifs is 1. The molecule has 2 aromatic rings. The molecule has 3 rings (SSSR count). The fraction of sp³-hybridized carbons (Fsp3) is 0.421. The molecule has 0 saturated carbocycles. The number of nitrogens with zero attached hydrogens (tertiary/aromatic N) is 2. The van der Waals surface area contributed by atoms with E-state index in [9.17, 15) is 9.59 Å². The second-order valence-electron chi connectivity index (χ2n) is 6.49. The van der Waals surface area contributed by atoms with Crippen LogP contribution in [0, 0.1) is 26.7 Å². The van der Waals surface area contributed by atoms with Crippen molar-refractivity contribution in [3.63, 3.8) is 0 Å². The molecule has 25 heavy (non-hydrogen) atoms. The molecular weight excluding hydrogens is 334 g/mol. The van der Waals surface area contributed by atoms with Gasteiger partial charge in [0.05, 0.1) is 5.92 Å². The molecule has 1 aliphatic heterocycles. The molecule has 6 heteroatoms. The minimum Gasteiger partial charge on any atom is -0.325 e. The highest BCUT2D eigenvalue weighted by atomic mass is 32.2. The highest BCUT2D eigenvalue weighted by Crippen LogP contribution is 2.28. The molecule has 0 aliphatic carbocycles. The first-order chi connectivity index (χ1) is 11.9. The Kier molecular flexibility index (Phi) is 4.99. The van der Waals surface area contributed by atoms with Gasteiger partial charge in [0.25, 0.3) is 5.56 Å². The Morgan fingerprint density at radius 3 is 2.64 bits per heavy atom. The van der Waals surface area contributed by atoms with E-state index in [0.29, 0.717) is 18.7 Å². The SMILES string of the molecule is CCc1c(C)nc2n(c1=O)CC(C(=O)Nc1c(C)cccc1C)CS2. The third kappa shape index (κ3) is 3.35. The third-order valence-corrected chi connectivity index (χ3v) is 5.84. The van der Waals surface area contributed by atoms with Crippen LogP contribution in [0.15, 0.2) is 28.2 Å². The molecule has 0 spiro atoms. The number of hydrogen-bond donors (Lipinski definition) is 1. The monoisotopic (exact) mass is 357 g/mol. The van der Waals surface area contributed by atoms with Crippen LogP contribution in [0.2, 0.25) is 0 Å². The molecule has 0 saturated heterocycles. The molecule has 0 fully saturated rings. The predicted octanol–water partition coefficient (Wildman–Crippen LogP) is 3.09. The van der Waals surface area contributed by atoms with Crippen molar-refractivity contribution in [2.75, 3.05) is 11.1 Å². The van der Waals surface area contributed by atoms with Gasteiger partial charge in [-0.05, 0) is 38.3 Å². The van der Waals surface area contributed by atoms with Crippen LogP contribution < -0.4 is 10.9 Å². The highest BCUT2D eigenvalue weighted by Gasteiger charge is 2.28. The van der Waals surface area contributed by atoms with E-state index >= 15 is 0 Å². The highest BCUT2D eigenvalue weighted by molar-refractivity contribution is 7.99. The molecule has 0 radical (unpaired) electrons. The van der Waals surface area contributed by atoms with E-state index in [1.165, 1.54) is 11.8 Å². The predicted molar refractivity (Wildman–Crippen MR) is 101 cm³/mol. The van der Waals surface area contributed by atoms with Crippen molar-refractivity contribution < 1.29 is 4.79 Å². The number of aromatic nitrogens is 2. The lowest BCUT2D eigenvalue weighted by Gasteiger charge is -2.25. The van der Waals surface area contributed by atoms with Gasteiger partial charge in [0.1, 0.15) is 0 Å². The van der Waals surface area contributed by atoms with Crippen LogP contribution >= 0.6 is 11.8 Å². The lowest BCUT2D eigenvalue weighted by molar-refractivity contribution is -0.119.